The maximum atomic E-state index is 12.3. The Kier molecular flexibility index (Phi) is 4.10. The van der Waals surface area contributed by atoms with E-state index in [1.54, 1.807) is 10.3 Å². The zero-order valence-corrected chi connectivity index (χ0v) is 12.8. The largest absolute Gasteiger partial charge is 0.480 e. The van der Waals surface area contributed by atoms with Crippen molar-refractivity contribution in [3.8, 4) is 0 Å². The molecule has 0 radical (unpaired) electrons. The molecule has 118 valence electrons. The number of amides is 2. The zero-order valence-electron chi connectivity index (χ0n) is 12.0. The van der Waals surface area contributed by atoms with Gasteiger partial charge in [-0.25, -0.2) is 9.78 Å². The number of thiazole rings is 1. The van der Waals surface area contributed by atoms with Gasteiger partial charge in [0.1, 0.15) is 6.04 Å². The van der Waals surface area contributed by atoms with Crippen LogP contribution in [0.3, 0.4) is 0 Å². The lowest BCUT2D eigenvalue weighted by atomic mass is 10.2. The van der Waals surface area contributed by atoms with Crippen molar-refractivity contribution in [1.29, 1.82) is 0 Å². The normalized spacial score (nSPS) is 21.6. The molecule has 1 N–H and O–H groups in total. The monoisotopic (exact) mass is 323 g/mol. The van der Waals surface area contributed by atoms with E-state index in [9.17, 15) is 14.4 Å². The molecular weight excluding hydrogens is 306 g/mol. The number of carboxylic acid groups (broad SMARTS) is 1. The van der Waals surface area contributed by atoms with Gasteiger partial charge < -0.3 is 10.0 Å². The van der Waals surface area contributed by atoms with Crippen LogP contribution in [0.2, 0.25) is 0 Å². The van der Waals surface area contributed by atoms with Crippen LogP contribution in [0, 0.1) is 0 Å². The summed E-state index contributed by atoms with van der Waals surface area (Å²) in [6, 6.07) is -0.717. The van der Waals surface area contributed by atoms with Gasteiger partial charge in [0.2, 0.25) is 11.8 Å². The van der Waals surface area contributed by atoms with Crippen molar-refractivity contribution in [3.63, 3.8) is 0 Å². The summed E-state index contributed by atoms with van der Waals surface area (Å²) in [5.41, 5.74) is 0.598. The molecule has 3 rings (SSSR count). The Hall–Kier alpha value is -1.96. The number of anilines is 1. The molecule has 2 aliphatic rings. The Morgan fingerprint density at radius 2 is 2.18 bits per heavy atom. The SMILES string of the molecule is O=C(O)[C@@H]1CCCN1C(=O)Cc1csc(N2CCCC2=O)n1. The number of hydrogen-bond acceptors (Lipinski definition) is 5. The Bertz CT molecular complexity index is 615. The molecule has 2 amide bonds. The molecule has 22 heavy (non-hydrogen) atoms. The van der Waals surface area contributed by atoms with Gasteiger partial charge >= 0.3 is 5.97 Å². The summed E-state index contributed by atoms with van der Waals surface area (Å²) in [6.07, 6.45) is 2.68. The van der Waals surface area contributed by atoms with E-state index in [4.69, 9.17) is 5.11 Å². The lowest BCUT2D eigenvalue weighted by molar-refractivity contribution is -0.148. The molecule has 7 nitrogen and oxygen atoms in total. The summed E-state index contributed by atoms with van der Waals surface area (Å²) in [4.78, 5) is 42.5. The molecule has 2 fully saturated rings. The highest BCUT2D eigenvalue weighted by Crippen LogP contribution is 2.26. The van der Waals surface area contributed by atoms with E-state index >= 15 is 0 Å². The average Bonchev–Trinajstić information content (AvgIpc) is 3.17. The van der Waals surface area contributed by atoms with E-state index in [2.05, 4.69) is 4.98 Å². The highest BCUT2D eigenvalue weighted by molar-refractivity contribution is 7.14. The molecule has 2 aliphatic heterocycles. The van der Waals surface area contributed by atoms with Crippen molar-refractivity contribution in [2.75, 3.05) is 18.0 Å². The molecule has 0 saturated carbocycles. The fourth-order valence-electron chi connectivity index (χ4n) is 2.93. The van der Waals surface area contributed by atoms with Gasteiger partial charge in [0.15, 0.2) is 5.13 Å². The van der Waals surface area contributed by atoms with Gasteiger partial charge in [0.05, 0.1) is 12.1 Å². The summed E-state index contributed by atoms with van der Waals surface area (Å²) < 4.78 is 0. The molecule has 0 bridgehead atoms. The molecule has 3 heterocycles. The van der Waals surface area contributed by atoms with Crippen LogP contribution >= 0.6 is 11.3 Å². The minimum absolute atomic E-state index is 0.0673. The average molecular weight is 323 g/mol. The lowest BCUT2D eigenvalue weighted by Gasteiger charge is -2.20. The van der Waals surface area contributed by atoms with Gasteiger partial charge in [0.25, 0.3) is 0 Å². The third-order valence-corrected chi connectivity index (χ3v) is 4.95. The summed E-state index contributed by atoms with van der Waals surface area (Å²) in [7, 11) is 0. The van der Waals surface area contributed by atoms with Gasteiger partial charge in [-0.2, -0.15) is 0 Å². The first-order valence-electron chi connectivity index (χ1n) is 7.33. The Balaban J connectivity index is 1.66. The fraction of sp³-hybridized carbons (Fsp3) is 0.571. The number of carboxylic acids is 1. The van der Waals surface area contributed by atoms with Crippen LogP contribution in [0.15, 0.2) is 5.38 Å². The molecule has 2 saturated heterocycles. The second-order valence-corrected chi connectivity index (χ2v) is 6.37. The van der Waals surface area contributed by atoms with E-state index in [1.165, 1.54) is 16.2 Å². The highest BCUT2D eigenvalue weighted by Gasteiger charge is 2.34. The maximum absolute atomic E-state index is 12.3. The molecular formula is C14H17N3O4S. The number of rotatable bonds is 4. The van der Waals surface area contributed by atoms with Crippen LogP contribution in [-0.2, 0) is 20.8 Å². The number of aromatic nitrogens is 1. The summed E-state index contributed by atoms with van der Waals surface area (Å²) in [5, 5.41) is 11.5. The van der Waals surface area contributed by atoms with E-state index in [-0.39, 0.29) is 18.2 Å². The van der Waals surface area contributed by atoms with E-state index in [0.29, 0.717) is 43.2 Å². The molecule has 1 atom stereocenters. The second-order valence-electron chi connectivity index (χ2n) is 5.53. The van der Waals surface area contributed by atoms with Crippen LogP contribution in [0.1, 0.15) is 31.4 Å². The molecule has 1 aromatic rings. The third kappa shape index (κ3) is 2.83. The standard InChI is InChI=1S/C14H17N3O4S/c18-11-4-2-6-17(11)14-15-9(8-22-14)7-12(19)16-5-1-3-10(16)13(20)21/h8,10H,1-7H2,(H,20,21)/t10-/m0/s1. The second kappa shape index (κ2) is 6.04. The van der Waals surface area contributed by atoms with Crippen LogP contribution in [-0.4, -0.2) is 51.9 Å². The topological polar surface area (TPSA) is 90.8 Å². The number of hydrogen-bond donors (Lipinski definition) is 1. The van der Waals surface area contributed by atoms with Crippen LogP contribution in [0.4, 0.5) is 5.13 Å². The van der Waals surface area contributed by atoms with E-state index < -0.39 is 12.0 Å². The van der Waals surface area contributed by atoms with Gasteiger partial charge in [0, 0.05) is 24.9 Å². The number of nitrogens with zero attached hydrogens (tertiary/aromatic N) is 3. The van der Waals surface area contributed by atoms with Gasteiger partial charge in [-0.15, -0.1) is 11.3 Å². The highest BCUT2D eigenvalue weighted by atomic mass is 32.1. The smallest absolute Gasteiger partial charge is 0.326 e. The van der Waals surface area contributed by atoms with E-state index in [1.807, 2.05) is 0 Å². The number of likely N-dealkylation sites (tertiary alicyclic amines) is 1. The minimum Gasteiger partial charge on any atom is -0.480 e. The number of carbonyl (C=O) groups is 3. The molecule has 8 heteroatoms. The number of carbonyl (C=O) groups excluding carboxylic acids is 2. The quantitative estimate of drug-likeness (QED) is 0.888. The maximum Gasteiger partial charge on any atom is 0.326 e. The molecule has 1 aromatic heterocycles. The number of aliphatic carboxylic acids is 1. The van der Waals surface area contributed by atoms with Crippen molar-refractivity contribution in [1.82, 2.24) is 9.88 Å². The van der Waals surface area contributed by atoms with Crippen molar-refractivity contribution < 1.29 is 19.5 Å². The predicted molar refractivity (Wildman–Crippen MR) is 79.8 cm³/mol. The first-order valence-corrected chi connectivity index (χ1v) is 8.21. The Morgan fingerprint density at radius 3 is 2.86 bits per heavy atom. The molecule has 0 unspecified atom stereocenters. The molecule has 0 spiro atoms. The minimum atomic E-state index is -0.951. The fourth-order valence-corrected chi connectivity index (χ4v) is 3.80. The van der Waals surface area contributed by atoms with Crippen molar-refractivity contribution >= 4 is 34.3 Å². The van der Waals surface area contributed by atoms with Crippen molar-refractivity contribution in [2.45, 2.75) is 38.1 Å². The molecule has 0 aliphatic carbocycles. The first kappa shape index (κ1) is 15.0. The first-order chi connectivity index (χ1) is 10.6. The predicted octanol–water partition coefficient (Wildman–Crippen LogP) is 0.888. The van der Waals surface area contributed by atoms with Gasteiger partial charge in [-0.3, -0.25) is 14.5 Å². The summed E-state index contributed by atoms with van der Waals surface area (Å²) in [6.45, 7) is 1.16. The van der Waals surface area contributed by atoms with E-state index in [0.717, 1.165) is 6.42 Å². The summed E-state index contributed by atoms with van der Waals surface area (Å²) in [5.74, 6) is -1.10. The Morgan fingerprint density at radius 1 is 1.36 bits per heavy atom. The van der Waals surface area contributed by atoms with Crippen molar-refractivity contribution in [3.05, 3.63) is 11.1 Å². The summed E-state index contributed by atoms with van der Waals surface area (Å²) >= 11 is 1.35. The van der Waals surface area contributed by atoms with Gasteiger partial charge in [-0.05, 0) is 19.3 Å². The van der Waals surface area contributed by atoms with Crippen LogP contribution < -0.4 is 4.90 Å². The molecule has 0 aromatic carbocycles. The van der Waals surface area contributed by atoms with Crippen molar-refractivity contribution in [2.24, 2.45) is 0 Å². The Labute approximate surface area is 131 Å². The zero-order chi connectivity index (χ0) is 15.7. The lowest BCUT2D eigenvalue weighted by Crippen LogP contribution is -2.41. The van der Waals surface area contributed by atoms with Crippen LogP contribution in [0.25, 0.3) is 0 Å². The van der Waals surface area contributed by atoms with Crippen LogP contribution in [0.5, 0.6) is 0 Å². The van der Waals surface area contributed by atoms with Gasteiger partial charge in [-0.1, -0.05) is 0 Å². The third-order valence-electron chi connectivity index (χ3n) is 4.03.